The first-order chi connectivity index (χ1) is 13.0. The molecule has 1 unspecified atom stereocenters. The van der Waals surface area contributed by atoms with E-state index in [-0.39, 0.29) is 0 Å². The summed E-state index contributed by atoms with van der Waals surface area (Å²) in [5.74, 6) is -0.958. The van der Waals surface area contributed by atoms with Crippen LogP contribution in [0.4, 0.5) is 0 Å². The van der Waals surface area contributed by atoms with E-state index in [1.807, 2.05) is 20.0 Å². The molecular formula is C19H21N3O4S. The molecule has 7 nitrogen and oxygen atoms in total. The van der Waals surface area contributed by atoms with Crippen molar-refractivity contribution in [2.45, 2.75) is 13.0 Å². The van der Waals surface area contributed by atoms with Crippen LogP contribution in [0.25, 0.3) is 10.2 Å². The minimum atomic E-state index is -1.06. The molecule has 142 valence electrons. The largest absolute Gasteiger partial charge is 0.443 e. The van der Waals surface area contributed by atoms with Gasteiger partial charge in [0.2, 0.25) is 6.10 Å². The lowest BCUT2D eigenvalue weighted by Gasteiger charge is -2.18. The lowest BCUT2D eigenvalue weighted by Crippen LogP contribution is -2.34. The fourth-order valence-corrected chi connectivity index (χ4v) is 3.77. The van der Waals surface area contributed by atoms with Crippen molar-refractivity contribution in [1.29, 1.82) is 0 Å². The third-order valence-electron chi connectivity index (χ3n) is 4.14. The number of esters is 1. The van der Waals surface area contributed by atoms with Crippen LogP contribution in [0.15, 0.2) is 36.7 Å². The molecule has 1 atom stereocenters. The van der Waals surface area contributed by atoms with Crippen molar-refractivity contribution in [1.82, 2.24) is 14.9 Å². The molecule has 0 aliphatic heterocycles. The Balaban J connectivity index is 1.83. The van der Waals surface area contributed by atoms with Gasteiger partial charge in [-0.1, -0.05) is 0 Å². The lowest BCUT2D eigenvalue weighted by atomic mass is 10.1. The zero-order chi connectivity index (χ0) is 19.4. The maximum atomic E-state index is 12.8. The number of aromatic nitrogens is 2. The molecule has 0 aliphatic carbocycles. The molecule has 3 heterocycles. The second-order valence-electron chi connectivity index (χ2n) is 6.04. The van der Waals surface area contributed by atoms with E-state index in [9.17, 15) is 9.59 Å². The van der Waals surface area contributed by atoms with E-state index in [0.717, 1.165) is 10.2 Å². The van der Waals surface area contributed by atoms with Crippen molar-refractivity contribution < 1.29 is 19.1 Å². The minimum Gasteiger partial charge on any atom is -0.443 e. The predicted molar refractivity (Wildman–Crippen MR) is 103 cm³/mol. The van der Waals surface area contributed by atoms with Crippen molar-refractivity contribution in [2.75, 3.05) is 20.3 Å². The molecule has 27 heavy (non-hydrogen) atoms. The van der Waals surface area contributed by atoms with E-state index in [2.05, 4.69) is 10.3 Å². The first-order valence-corrected chi connectivity index (χ1v) is 9.26. The highest BCUT2D eigenvalue weighted by atomic mass is 32.1. The summed E-state index contributed by atoms with van der Waals surface area (Å²) in [7, 11) is 3.36. The Hall–Kier alpha value is -2.71. The Kier molecular flexibility index (Phi) is 5.88. The van der Waals surface area contributed by atoms with E-state index in [1.165, 1.54) is 4.88 Å². The highest BCUT2D eigenvalue weighted by Gasteiger charge is 2.27. The number of nitrogens with one attached hydrogen (secondary N) is 1. The summed E-state index contributed by atoms with van der Waals surface area (Å²) in [6.45, 7) is 2.72. The number of amides is 1. The first-order valence-electron chi connectivity index (χ1n) is 8.44. The maximum Gasteiger partial charge on any atom is 0.356 e. The second-order valence-corrected chi connectivity index (χ2v) is 7.33. The topological polar surface area (TPSA) is 82.5 Å². The fraction of sp³-hybridized carbons (Fsp3) is 0.316. The molecule has 0 spiro atoms. The smallest absolute Gasteiger partial charge is 0.356 e. The normalized spacial score (nSPS) is 12.1. The Bertz CT molecular complexity index is 949. The van der Waals surface area contributed by atoms with E-state index < -0.39 is 18.0 Å². The number of carbonyl (C=O) groups excluding carboxylic acids is 2. The Morgan fingerprint density at radius 1 is 1.30 bits per heavy atom. The van der Waals surface area contributed by atoms with Crippen LogP contribution in [-0.2, 0) is 21.3 Å². The molecule has 0 aliphatic rings. The van der Waals surface area contributed by atoms with Gasteiger partial charge in [0.05, 0.1) is 16.8 Å². The third kappa shape index (κ3) is 4.17. The van der Waals surface area contributed by atoms with Crippen LogP contribution >= 0.6 is 11.3 Å². The molecule has 3 aromatic rings. The quantitative estimate of drug-likeness (QED) is 0.498. The van der Waals surface area contributed by atoms with Crippen molar-refractivity contribution in [3.05, 3.63) is 52.8 Å². The summed E-state index contributed by atoms with van der Waals surface area (Å²) >= 11 is 1.61. The standard InChI is InChI=1S/C19H21N3O4S/c1-12-10-14-16(27-12)11-15(22(14)2)19(24)26-17(13-4-6-20-7-5-13)18(23)21-8-9-25-3/h4-7,10-11,17H,8-9H2,1-3H3,(H,21,23). The molecule has 1 amide bonds. The van der Waals surface area contributed by atoms with Gasteiger partial charge in [-0.2, -0.15) is 0 Å². The van der Waals surface area contributed by atoms with Crippen LogP contribution in [0, 0.1) is 6.92 Å². The average molecular weight is 387 g/mol. The zero-order valence-corrected chi connectivity index (χ0v) is 16.2. The molecule has 0 radical (unpaired) electrons. The molecule has 8 heteroatoms. The summed E-state index contributed by atoms with van der Waals surface area (Å²) < 4.78 is 13.3. The van der Waals surface area contributed by atoms with Gasteiger partial charge in [0, 0.05) is 43.5 Å². The molecule has 1 N–H and O–H groups in total. The Labute approximate surface area is 160 Å². The van der Waals surface area contributed by atoms with Gasteiger partial charge in [-0.3, -0.25) is 9.78 Å². The average Bonchev–Trinajstić information content (AvgIpc) is 3.17. The van der Waals surface area contributed by atoms with Gasteiger partial charge in [0.1, 0.15) is 5.69 Å². The molecule has 0 saturated carbocycles. The van der Waals surface area contributed by atoms with E-state index >= 15 is 0 Å². The number of hydrogen-bond donors (Lipinski definition) is 1. The molecule has 0 saturated heterocycles. The van der Waals surface area contributed by atoms with Gasteiger partial charge in [0.15, 0.2) is 0 Å². The second kappa shape index (κ2) is 8.32. The van der Waals surface area contributed by atoms with Gasteiger partial charge >= 0.3 is 5.97 Å². The number of pyridine rings is 1. The molecule has 0 aromatic carbocycles. The lowest BCUT2D eigenvalue weighted by molar-refractivity contribution is -0.130. The van der Waals surface area contributed by atoms with Crippen LogP contribution in [0.3, 0.4) is 0 Å². The van der Waals surface area contributed by atoms with Gasteiger partial charge < -0.3 is 19.4 Å². The minimum absolute atomic E-state index is 0.327. The van der Waals surface area contributed by atoms with Crippen molar-refractivity contribution >= 4 is 33.4 Å². The van der Waals surface area contributed by atoms with Crippen molar-refractivity contribution in [3.63, 3.8) is 0 Å². The zero-order valence-electron chi connectivity index (χ0n) is 15.4. The summed E-state index contributed by atoms with van der Waals surface area (Å²) in [6, 6.07) is 7.12. The highest BCUT2D eigenvalue weighted by molar-refractivity contribution is 7.19. The van der Waals surface area contributed by atoms with Crippen LogP contribution in [0.2, 0.25) is 0 Å². The van der Waals surface area contributed by atoms with Crippen molar-refractivity contribution in [3.8, 4) is 0 Å². The number of hydrogen-bond acceptors (Lipinski definition) is 6. The summed E-state index contributed by atoms with van der Waals surface area (Å²) in [5.41, 5.74) is 1.93. The van der Waals surface area contributed by atoms with Crippen LogP contribution in [0.5, 0.6) is 0 Å². The van der Waals surface area contributed by atoms with E-state index in [4.69, 9.17) is 9.47 Å². The fourth-order valence-electron chi connectivity index (χ4n) is 2.78. The maximum absolute atomic E-state index is 12.8. The predicted octanol–water partition coefficient (Wildman–Crippen LogP) is 2.60. The van der Waals surface area contributed by atoms with Crippen LogP contribution in [0.1, 0.15) is 27.0 Å². The molecule has 0 bridgehead atoms. The summed E-state index contributed by atoms with van der Waals surface area (Å²) in [5, 5.41) is 2.72. The number of methoxy groups -OCH3 is 1. The number of thiophene rings is 1. The number of aryl methyl sites for hydroxylation is 2. The van der Waals surface area contributed by atoms with Gasteiger partial charge in [-0.25, -0.2) is 4.79 Å². The summed E-state index contributed by atoms with van der Waals surface area (Å²) in [6.07, 6.45) is 2.05. The van der Waals surface area contributed by atoms with Gasteiger partial charge in [-0.15, -0.1) is 11.3 Å². The number of carbonyl (C=O) groups is 2. The molecular weight excluding hydrogens is 366 g/mol. The molecule has 0 fully saturated rings. The number of nitrogens with zero attached hydrogens (tertiary/aromatic N) is 2. The third-order valence-corrected chi connectivity index (χ3v) is 5.13. The SMILES string of the molecule is COCCNC(=O)C(OC(=O)c1cc2sc(C)cc2n1C)c1ccncc1. The van der Waals surface area contributed by atoms with Crippen LogP contribution < -0.4 is 5.32 Å². The highest BCUT2D eigenvalue weighted by Crippen LogP contribution is 2.29. The first kappa shape index (κ1) is 19.1. The van der Waals surface area contributed by atoms with Crippen molar-refractivity contribution in [2.24, 2.45) is 7.05 Å². The Morgan fingerprint density at radius 3 is 2.70 bits per heavy atom. The molecule has 3 rings (SSSR count). The van der Waals surface area contributed by atoms with E-state index in [0.29, 0.717) is 24.4 Å². The number of rotatable bonds is 7. The van der Waals surface area contributed by atoms with E-state index in [1.54, 1.807) is 53.6 Å². The summed E-state index contributed by atoms with van der Waals surface area (Å²) in [4.78, 5) is 30.5. The Morgan fingerprint density at radius 2 is 2.04 bits per heavy atom. The van der Waals surface area contributed by atoms with Gasteiger partial charge in [0.25, 0.3) is 5.91 Å². The van der Waals surface area contributed by atoms with Crippen LogP contribution in [-0.4, -0.2) is 41.7 Å². The molecule has 3 aromatic heterocycles. The van der Waals surface area contributed by atoms with Gasteiger partial charge in [-0.05, 0) is 31.2 Å². The monoisotopic (exact) mass is 387 g/mol. The number of ether oxygens (including phenoxy) is 2. The number of fused-ring (bicyclic) bond motifs is 1.